The van der Waals surface area contributed by atoms with Gasteiger partial charge in [-0.25, -0.2) is 4.79 Å². The quantitative estimate of drug-likeness (QED) is 0.723. The Morgan fingerprint density at radius 3 is 2.65 bits per heavy atom. The number of nitrogens with one attached hydrogen (secondary N) is 1. The summed E-state index contributed by atoms with van der Waals surface area (Å²) >= 11 is 0. The monoisotopic (exact) mass is 239 g/mol. The number of fused-ring (bicyclic) bond motifs is 2. The summed E-state index contributed by atoms with van der Waals surface area (Å²) in [7, 11) is 0. The van der Waals surface area contributed by atoms with Crippen LogP contribution >= 0.6 is 0 Å². The van der Waals surface area contributed by atoms with Gasteiger partial charge in [0.05, 0.1) is 12.1 Å². The van der Waals surface area contributed by atoms with Gasteiger partial charge in [0.2, 0.25) is 0 Å². The van der Waals surface area contributed by atoms with Crippen LogP contribution in [-0.4, -0.2) is 28.9 Å². The zero-order chi connectivity index (χ0) is 12.7. The molecule has 4 nitrogen and oxygen atoms in total. The molecule has 4 heteroatoms. The van der Waals surface area contributed by atoms with Crippen LogP contribution in [0.5, 0.6) is 0 Å². The molecule has 0 radical (unpaired) electrons. The fourth-order valence-electron chi connectivity index (χ4n) is 2.83. The number of amides is 1. The van der Waals surface area contributed by atoms with Crippen molar-refractivity contribution in [2.24, 2.45) is 11.8 Å². The number of allylic oxidation sites excluding steroid dienone is 1. The van der Waals surface area contributed by atoms with E-state index in [2.05, 4.69) is 17.5 Å². The van der Waals surface area contributed by atoms with Crippen LogP contribution in [0.3, 0.4) is 0 Å². The van der Waals surface area contributed by atoms with E-state index in [1.807, 2.05) is 20.8 Å². The topological polar surface area (TPSA) is 58.6 Å². The average molecular weight is 239 g/mol. The van der Waals surface area contributed by atoms with Crippen LogP contribution in [0.2, 0.25) is 0 Å². The maximum Gasteiger partial charge on any atom is 0.408 e. The average Bonchev–Trinajstić information content (AvgIpc) is 2.74. The first-order valence-electron chi connectivity index (χ1n) is 6.15. The molecule has 0 aliphatic heterocycles. The SMILES string of the molecule is CC(C)(C)OC(=O)NC1(CO)CC2C=CC1C2. The molecule has 2 bridgehead atoms. The Labute approximate surface area is 102 Å². The van der Waals surface area contributed by atoms with Crippen molar-refractivity contribution in [3.8, 4) is 0 Å². The van der Waals surface area contributed by atoms with E-state index in [-0.39, 0.29) is 12.5 Å². The summed E-state index contributed by atoms with van der Waals surface area (Å²) in [5, 5.41) is 12.4. The molecular weight excluding hydrogens is 218 g/mol. The lowest BCUT2D eigenvalue weighted by molar-refractivity contribution is 0.0363. The first kappa shape index (κ1) is 12.4. The zero-order valence-corrected chi connectivity index (χ0v) is 10.7. The number of alkyl carbamates (subject to hydrolysis) is 1. The molecule has 0 saturated heterocycles. The first-order chi connectivity index (χ1) is 7.85. The fraction of sp³-hybridized carbons (Fsp3) is 0.769. The summed E-state index contributed by atoms with van der Waals surface area (Å²) in [6.45, 7) is 5.47. The Morgan fingerprint density at radius 2 is 2.24 bits per heavy atom. The molecule has 0 heterocycles. The Kier molecular flexibility index (Phi) is 2.94. The van der Waals surface area contributed by atoms with Gasteiger partial charge in [0.25, 0.3) is 0 Å². The van der Waals surface area contributed by atoms with E-state index < -0.39 is 17.2 Å². The predicted octanol–water partition coefficient (Wildman–Crippen LogP) is 1.84. The van der Waals surface area contributed by atoms with Gasteiger partial charge in [-0.05, 0) is 39.5 Å². The third-order valence-corrected chi connectivity index (χ3v) is 3.54. The van der Waals surface area contributed by atoms with E-state index in [0.29, 0.717) is 5.92 Å². The summed E-state index contributed by atoms with van der Waals surface area (Å²) < 4.78 is 5.25. The molecule has 2 rings (SSSR count). The summed E-state index contributed by atoms with van der Waals surface area (Å²) in [5.74, 6) is 0.729. The van der Waals surface area contributed by atoms with Crippen molar-refractivity contribution in [3.05, 3.63) is 12.2 Å². The summed E-state index contributed by atoms with van der Waals surface area (Å²) in [6.07, 6.45) is 5.67. The smallest absolute Gasteiger partial charge is 0.408 e. The summed E-state index contributed by atoms with van der Waals surface area (Å²) in [5.41, 5.74) is -1.02. The third-order valence-electron chi connectivity index (χ3n) is 3.54. The number of ether oxygens (including phenoxy) is 1. The molecule has 0 aromatic carbocycles. The number of hydrogen-bond donors (Lipinski definition) is 2. The zero-order valence-electron chi connectivity index (χ0n) is 10.7. The lowest BCUT2D eigenvalue weighted by Gasteiger charge is -2.35. The predicted molar refractivity (Wildman–Crippen MR) is 64.5 cm³/mol. The van der Waals surface area contributed by atoms with E-state index >= 15 is 0 Å². The molecule has 0 spiro atoms. The Hall–Kier alpha value is -1.03. The molecule has 96 valence electrons. The minimum atomic E-state index is -0.512. The maximum atomic E-state index is 11.8. The van der Waals surface area contributed by atoms with Crippen LogP contribution in [0, 0.1) is 11.8 Å². The first-order valence-corrected chi connectivity index (χ1v) is 6.15. The summed E-state index contributed by atoms with van der Waals surface area (Å²) in [4.78, 5) is 11.8. The highest BCUT2D eigenvalue weighted by atomic mass is 16.6. The molecule has 3 atom stereocenters. The minimum absolute atomic E-state index is 0.0300. The van der Waals surface area contributed by atoms with Gasteiger partial charge in [-0.3, -0.25) is 0 Å². The Balaban J connectivity index is 2.02. The van der Waals surface area contributed by atoms with Crippen LogP contribution in [0.4, 0.5) is 4.79 Å². The number of carbonyl (C=O) groups excluding carboxylic acids is 1. The number of aliphatic hydroxyl groups is 1. The van der Waals surface area contributed by atoms with Crippen LogP contribution in [0.15, 0.2) is 12.2 Å². The summed E-state index contributed by atoms with van der Waals surface area (Å²) in [6, 6.07) is 0. The number of carbonyl (C=O) groups is 1. The second-order valence-electron chi connectivity index (χ2n) is 6.13. The highest BCUT2D eigenvalue weighted by Gasteiger charge is 2.49. The largest absolute Gasteiger partial charge is 0.444 e. The van der Waals surface area contributed by atoms with Crippen molar-refractivity contribution in [3.63, 3.8) is 0 Å². The lowest BCUT2D eigenvalue weighted by atomic mass is 9.85. The van der Waals surface area contributed by atoms with Gasteiger partial charge in [0.15, 0.2) is 0 Å². The number of hydrogen-bond acceptors (Lipinski definition) is 3. The molecule has 1 saturated carbocycles. The molecule has 3 unspecified atom stereocenters. The molecule has 2 aliphatic carbocycles. The lowest BCUT2D eigenvalue weighted by Crippen LogP contribution is -2.55. The molecule has 1 amide bonds. The minimum Gasteiger partial charge on any atom is -0.444 e. The van der Waals surface area contributed by atoms with Crippen molar-refractivity contribution in [2.45, 2.75) is 44.8 Å². The highest BCUT2D eigenvalue weighted by Crippen LogP contribution is 2.46. The molecule has 1 fully saturated rings. The standard InChI is InChI=1S/C13H21NO3/c1-12(2,3)17-11(16)14-13(8-15)7-9-4-5-10(13)6-9/h4-5,9-10,15H,6-8H2,1-3H3,(H,14,16). The number of aliphatic hydroxyl groups excluding tert-OH is 1. The molecule has 0 aromatic heterocycles. The third kappa shape index (κ3) is 2.46. The van der Waals surface area contributed by atoms with E-state index in [4.69, 9.17) is 4.74 Å². The second kappa shape index (κ2) is 4.02. The van der Waals surface area contributed by atoms with Crippen LogP contribution in [-0.2, 0) is 4.74 Å². The van der Waals surface area contributed by atoms with Gasteiger partial charge in [-0.1, -0.05) is 12.2 Å². The van der Waals surface area contributed by atoms with Crippen molar-refractivity contribution < 1.29 is 14.6 Å². The van der Waals surface area contributed by atoms with Crippen molar-refractivity contribution in [1.29, 1.82) is 0 Å². The fourth-order valence-corrected chi connectivity index (χ4v) is 2.83. The second-order valence-corrected chi connectivity index (χ2v) is 6.13. The van der Waals surface area contributed by atoms with E-state index in [1.165, 1.54) is 0 Å². The van der Waals surface area contributed by atoms with Crippen molar-refractivity contribution >= 4 is 6.09 Å². The van der Waals surface area contributed by atoms with E-state index in [9.17, 15) is 9.90 Å². The Morgan fingerprint density at radius 1 is 1.53 bits per heavy atom. The van der Waals surface area contributed by atoms with Crippen LogP contribution in [0.25, 0.3) is 0 Å². The van der Waals surface area contributed by atoms with Gasteiger partial charge >= 0.3 is 6.09 Å². The molecular formula is C13H21NO3. The van der Waals surface area contributed by atoms with Crippen molar-refractivity contribution in [1.82, 2.24) is 5.32 Å². The van der Waals surface area contributed by atoms with Gasteiger partial charge in [0, 0.05) is 5.92 Å². The normalized spacial score (nSPS) is 35.1. The van der Waals surface area contributed by atoms with E-state index in [0.717, 1.165) is 12.8 Å². The molecule has 17 heavy (non-hydrogen) atoms. The molecule has 0 aromatic rings. The highest BCUT2D eigenvalue weighted by molar-refractivity contribution is 5.69. The molecule has 2 aliphatic rings. The van der Waals surface area contributed by atoms with Crippen LogP contribution in [0.1, 0.15) is 33.6 Å². The van der Waals surface area contributed by atoms with E-state index in [1.54, 1.807) is 0 Å². The van der Waals surface area contributed by atoms with Crippen LogP contribution < -0.4 is 5.32 Å². The Bertz CT molecular complexity index is 345. The van der Waals surface area contributed by atoms with Crippen molar-refractivity contribution in [2.75, 3.05) is 6.61 Å². The van der Waals surface area contributed by atoms with Gasteiger partial charge in [-0.15, -0.1) is 0 Å². The van der Waals surface area contributed by atoms with Gasteiger partial charge in [-0.2, -0.15) is 0 Å². The van der Waals surface area contributed by atoms with Gasteiger partial charge in [0.1, 0.15) is 5.60 Å². The maximum absolute atomic E-state index is 11.8. The number of rotatable bonds is 2. The van der Waals surface area contributed by atoms with Gasteiger partial charge < -0.3 is 15.2 Å². The molecule has 2 N–H and O–H groups in total.